The Labute approximate surface area is 114 Å². The van der Waals surface area contributed by atoms with Crippen LogP contribution in [0.4, 0.5) is 8.39 Å². The molecule has 0 aromatic carbocycles. The molecule has 0 aliphatic heterocycles. The van der Waals surface area contributed by atoms with Crippen molar-refractivity contribution in [1.82, 2.24) is 0 Å². The largest absolute Gasteiger partial charge is 0.513 e. The van der Waals surface area contributed by atoms with Gasteiger partial charge in [0.15, 0.2) is 0 Å². The molecule has 0 aromatic rings. The van der Waals surface area contributed by atoms with E-state index in [1.54, 1.807) is 41.5 Å². The summed E-state index contributed by atoms with van der Waals surface area (Å²) >= 11 is 0. The first-order chi connectivity index (χ1) is 8.25. The maximum atomic E-state index is 12.7. The van der Waals surface area contributed by atoms with Crippen molar-refractivity contribution in [3.05, 3.63) is 0 Å². The first-order valence-electron chi connectivity index (χ1n) is 5.87. The zero-order valence-corrected chi connectivity index (χ0v) is 14.2. The van der Waals surface area contributed by atoms with Gasteiger partial charge >= 0.3 is 15.6 Å². The van der Waals surface area contributed by atoms with Gasteiger partial charge < -0.3 is 4.52 Å². The van der Waals surface area contributed by atoms with E-state index in [9.17, 15) is 17.5 Å². The molecule has 1 atom stereocenters. The van der Waals surface area contributed by atoms with Crippen molar-refractivity contribution in [1.29, 1.82) is 0 Å². The topological polar surface area (TPSA) is 61.8 Å². The van der Waals surface area contributed by atoms with Gasteiger partial charge in [-0.1, -0.05) is 0 Å². The van der Waals surface area contributed by atoms with Gasteiger partial charge in [-0.15, -0.1) is 4.20 Å². The lowest BCUT2D eigenvalue weighted by molar-refractivity contribution is 0.118. The fourth-order valence-electron chi connectivity index (χ4n) is 0.905. The fourth-order valence-corrected chi connectivity index (χ4v) is 2.72. The summed E-state index contributed by atoms with van der Waals surface area (Å²) in [6.07, 6.45) is -1.15. The minimum Gasteiger partial charge on any atom is -0.303 e. The first kappa shape index (κ1) is 21.5. The van der Waals surface area contributed by atoms with Crippen molar-refractivity contribution in [2.24, 2.45) is 0 Å². The van der Waals surface area contributed by atoms with Crippen LogP contribution in [0.5, 0.6) is 0 Å². The highest BCUT2D eigenvalue weighted by atomic mass is 31.2. The standard InChI is InChI=1S/C6H14FO3P.C4H10FO2P/c1-5(2)9-11(7,8)10-6(3)4;1-4(2)7-8(3,5)6/h5-6H,1-4H3;4H,1-3H3. The Kier molecular flexibility index (Phi) is 10.4. The third-order valence-electron chi connectivity index (χ3n) is 1.07. The van der Waals surface area contributed by atoms with Gasteiger partial charge in [0.25, 0.3) is 0 Å². The van der Waals surface area contributed by atoms with Gasteiger partial charge in [0, 0.05) is 6.66 Å². The van der Waals surface area contributed by atoms with E-state index < -0.39 is 27.8 Å². The van der Waals surface area contributed by atoms with Gasteiger partial charge in [-0.2, -0.15) is 4.20 Å². The Morgan fingerprint density at radius 2 is 1.00 bits per heavy atom. The number of hydrogen-bond donors (Lipinski definition) is 0. The second kappa shape index (κ2) is 9.19. The number of halogens is 2. The SMILES string of the molecule is CC(C)OP(=O)(F)OC(C)C.CC(C)OP(C)(=O)F. The van der Waals surface area contributed by atoms with Crippen molar-refractivity contribution in [2.45, 2.75) is 59.9 Å². The molecular weight excluding hydrogens is 300 g/mol. The summed E-state index contributed by atoms with van der Waals surface area (Å²) in [6, 6.07) is 0. The second-order valence-electron chi connectivity index (χ2n) is 4.64. The predicted octanol–water partition coefficient (Wildman–Crippen LogP) is 5.12. The summed E-state index contributed by atoms with van der Waals surface area (Å²) in [4.78, 5) is 0. The van der Waals surface area contributed by atoms with Crippen molar-refractivity contribution < 1.29 is 31.1 Å². The molecular formula is C10H24F2O5P2. The van der Waals surface area contributed by atoms with E-state index in [1.807, 2.05) is 0 Å². The van der Waals surface area contributed by atoms with Crippen LogP contribution in [0.3, 0.4) is 0 Å². The Hall–Kier alpha value is 0.200. The molecule has 0 amide bonds. The second-order valence-corrected chi connectivity index (χ2v) is 7.63. The fraction of sp³-hybridized carbons (Fsp3) is 1.00. The molecule has 0 aliphatic rings. The third kappa shape index (κ3) is 20.7. The highest BCUT2D eigenvalue weighted by Crippen LogP contribution is 2.51. The van der Waals surface area contributed by atoms with Gasteiger partial charge in [0.2, 0.25) is 0 Å². The van der Waals surface area contributed by atoms with Crippen molar-refractivity contribution in [2.75, 3.05) is 6.66 Å². The quantitative estimate of drug-likeness (QED) is 0.635. The van der Waals surface area contributed by atoms with Gasteiger partial charge in [0.1, 0.15) is 0 Å². The van der Waals surface area contributed by atoms with Crippen LogP contribution in [0, 0.1) is 0 Å². The summed E-state index contributed by atoms with van der Waals surface area (Å²) in [5.74, 6) is 0. The van der Waals surface area contributed by atoms with E-state index in [0.717, 1.165) is 6.66 Å². The van der Waals surface area contributed by atoms with E-state index in [2.05, 4.69) is 13.6 Å². The number of rotatable bonds is 6. The molecule has 9 heteroatoms. The lowest BCUT2D eigenvalue weighted by Crippen LogP contribution is -2.04. The minimum absolute atomic E-state index is 0.296. The summed E-state index contributed by atoms with van der Waals surface area (Å²) in [5, 5.41) is 0. The third-order valence-corrected chi connectivity index (χ3v) is 3.22. The summed E-state index contributed by atoms with van der Waals surface area (Å²) in [6.45, 7) is 10.6. The summed E-state index contributed by atoms with van der Waals surface area (Å²) in [5.41, 5.74) is 0. The molecule has 0 rings (SSSR count). The van der Waals surface area contributed by atoms with Gasteiger partial charge in [0.05, 0.1) is 18.3 Å². The lowest BCUT2D eigenvalue weighted by atomic mass is 10.5. The monoisotopic (exact) mass is 324 g/mol. The summed E-state index contributed by atoms with van der Waals surface area (Å²) in [7, 11) is -8.03. The molecule has 19 heavy (non-hydrogen) atoms. The number of hydrogen-bond acceptors (Lipinski definition) is 5. The maximum absolute atomic E-state index is 12.7. The van der Waals surface area contributed by atoms with E-state index in [1.165, 1.54) is 0 Å². The first-order valence-corrected chi connectivity index (χ1v) is 9.27. The lowest BCUT2D eigenvalue weighted by Gasteiger charge is -2.14. The molecule has 0 saturated carbocycles. The molecule has 0 aromatic heterocycles. The molecule has 0 bridgehead atoms. The van der Waals surface area contributed by atoms with Crippen LogP contribution >= 0.6 is 15.6 Å². The highest BCUT2D eigenvalue weighted by molar-refractivity contribution is 7.52. The van der Waals surface area contributed by atoms with Gasteiger partial charge in [-0.3, -0.25) is 13.6 Å². The molecule has 0 fully saturated rings. The van der Waals surface area contributed by atoms with E-state index in [0.29, 0.717) is 0 Å². The maximum Gasteiger partial charge on any atom is 0.513 e. The van der Waals surface area contributed by atoms with E-state index in [-0.39, 0.29) is 6.10 Å². The predicted molar refractivity (Wildman–Crippen MR) is 72.0 cm³/mol. The van der Waals surface area contributed by atoms with Crippen LogP contribution in [0.1, 0.15) is 41.5 Å². The Bertz CT molecular complexity index is 314. The molecule has 1 unspecified atom stereocenters. The van der Waals surface area contributed by atoms with E-state index >= 15 is 0 Å². The minimum atomic E-state index is -4.30. The van der Waals surface area contributed by atoms with Crippen LogP contribution in [-0.4, -0.2) is 25.0 Å². The van der Waals surface area contributed by atoms with Crippen molar-refractivity contribution in [3.8, 4) is 0 Å². The van der Waals surface area contributed by atoms with E-state index in [4.69, 9.17) is 0 Å². The molecule has 0 radical (unpaired) electrons. The van der Waals surface area contributed by atoms with Gasteiger partial charge in [-0.25, -0.2) is 4.57 Å². The van der Waals surface area contributed by atoms with Crippen LogP contribution < -0.4 is 0 Å². The van der Waals surface area contributed by atoms with Crippen LogP contribution in [-0.2, 0) is 22.7 Å². The zero-order chi connectivity index (χ0) is 15.9. The van der Waals surface area contributed by atoms with Crippen LogP contribution in [0.25, 0.3) is 0 Å². The average molecular weight is 324 g/mol. The molecule has 0 N–H and O–H groups in total. The van der Waals surface area contributed by atoms with Crippen molar-refractivity contribution in [3.63, 3.8) is 0 Å². The normalized spacial score (nSPS) is 15.4. The highest BCUT2D eigenvalue weighted by Gasteiger charge is 2.26. The molecule has 0 heterocycles. The molecule has 118 valence electrons. The van der Waals surface area contributed by atoms with Crippen LogP contribution in [0.15, 0.2) is 0 Å². The van der Waals surface area contributed by atoms with Crippen LogP contribution in [0.2, 0.25) is 0 Å². The Balaban J connectivity index is 0. The Morgan fingerprint density at radius 3 is 1.11 bits per heavy atom. The van der Waals surface area contributed by atoms with Gasteiger partial charge in [-0.05, 0) is 41.5 Å². The Morgan fingerprint density at radius 1 is 0.737 bits per heavy atom. The smallest absolute Gasteiger partial charge is 0.303 e. The zero-order valence-electron chi connectivity index (χ0n) is 12.4. The molecule has 0 spiro atoms. The molecule has 0 saturated heterocycles. The van der Waals surface area contributed by atoms with Crippen molar-refractivity contribution >= 4 is 15.6 Å². The molecule has 5 nitrogen and oxygen atoms in total. The average Bonchev–Trinajstić information content (AvgIpc) is 1.91. The molecule has 0 aliphatic carbocycles. The summed E-state index contributed by atoms with van der Waals surface area (Å²) < 4.78 is 58.7.